The number of carbonyl (C=O) groups excluding carboxylic acids is 1. The second-order valence-electron chi connectivity index (χ2n) is 3.67. The van der Waals surface area contributed by atoms with Crippen molar-refractivity contribution < 1.29 is 9.21 Å². The van der Waals surface area contributed by atoms with Crippen molar-refractivity contribution in [3.8, 4) is 0 Å². The fourth-order valence-electron chi connectivity index (χ4n) is 1.70. The molecule has 1 fully saturated rings. The number of amides is 1. The summed E-state index contributed by atoms with van der Waals surface area (Å²) in [6.07, 6.45) is 1.31. The Morgan fingerprint density at radius 2 is 2.47 bits per heavy atom. The van der Waals surface area contributed by atoms with Crippen molar-refractivity contribution in [2.75, 3.05) is 19.6 Å². The number of hydrogen-bond donors (Lipinski definition) is 1. The summed E-state index contributed by atoms with van der Waals surface area (Å²) in [6, 6.07) is 0.298. The summed E-state index contributed by atoms with van der Waals surface area (Å²) in [5.74, 6) is 0.308. The summed E-state index contributed by atoms with van der Waals surface area (Å²) in [6.45, 7) is 6.19. The molecule has 0 bridgehead atoms. The van der Waals surface area contributed by atoms with Crippen molar-refractivity contribution in [1.82, 2.24) is 15.2 Å². The highest BCUT2D eigenvalue weighted by Crippen LogP contribution is 2.13. The van der Waals surface area contributed by atoms with Gasteiger partial charge in [-0.3, -0.25) is 4.79 Å². The Morgan fingerprint density at radius 1 is 1.73 bits per heavy atom. The molecule has 1 aromatic heterocycles. The molecular weight excluding hydrogens is 194 g/mol. The van der Waals surface area contributed by atoms with Gasteiger partial charge in [-0.25, -0.2) is 4.98 Å². The number of hydrogen-bond acceptors (Lipinski definition) is 4. The molecule has 0 aliphatic carbocycles. The third-order valence-electron chi connectivity index (χ3n) is 2.74. The SMILES string of the molecule is CCN(C(=O)c1ocnc1C)C1CNC1. The van der Waals surface area contributed by atoms with Crippen LogP contribution in [0.1, 0.15) is 23.2 Å². The van der Waals surface area contributed by atoms with Crippen LogP contribution in [0.3, 0.4) is 0 Å². The highest BCUT2D eigenvalue weighted by molar-refractivity contribution is 5.92. The summed E-state index contributed by atoms with van der Waals surface area (Å²) >= 11 is 0. The van der Waals surface area contributed by atoms with E-state index >= 15 is 0 Å². The van der Waals surface area contributed by atoms with Crippen LogP contribution in [-0.4, -0.2) is 41.5 Å². The summed E-state index contributed by atoms with van der Waals surface area (Å²) in [7, 11) is 0. The number of likely N-dealkylation sites (N-methyl/N-ethyl adjacent to an activating group) is 1. The number of nitrogens with one attached hydrogen (secondary N) is 1. The van der Waals surface area contributed by atoms with Crippen LogP contribution in [0.25, 0.3) is 0 Å². The Morgan fingerprint density at radius 3 is 2.87 bits per heavy atom. The van der Waals surface area contributed by atoms with Gasteiger partial charge in [-0.05, 0) is 13.8 Å². The minimum atomic E-state index is -0.0565. The first kappa shape index (κ1) is 10.2. The van der Waals surface area contributed by atoms with Crippen LogP contribution < -0.4 is 5.32 Å². The van der Waals surface area contributed by atoms with Crippen molar-refractivity contribution in [3.63, 3.8) is 0 Å². The maximum atomic E-state index is 12.1. The second kappa shape index (κ2) is 4.02. The number of oxazole rings is 1. The van der Waals surface area contributed by atoms with Crippen LogP contribution in [0.4, 0.5) is 0 Å². The van der Waals surface area contributed by atoms with Crippen LogP contribution in [-0.2, 0) is 0 Å². The molecule has 1 aromatic rings. The summed E-state index contributed by atoms with van der Waals surface area (Å²) < 4.78 is 5.10. The van der Waals surface area contributed by atoms with E-state index in [1.165, 1.54) is 6.39 Å². The third-order valence-corrected chi connectivity index (χ3v) is 2.74. The van der Waals surface area contributed by atoms with Gasteiger partial charge < -0.3 is 14.6 Å². The summed E-state index contributed by atoms with van der Waals surface area (Å²) in [5.41, 5.74) is 0.658. The van der Waals surface area contributed by atoms with Crippen molar-refractivity contribution in [2.45, 2.75) is 19.9 Å². The van der Waals surface area contributed by atoms with E-state index in [2.05, 4.69) is 10.3 Å². The molecule has 0 atom stereocenters. The fourth-order valence-corrected chi connectivity index (χ4v) is 1.70. The van der Waals surface area contributed by atoms with Gasteiger partial charge in [0.25, 0.3) is 5.91 Å². The van der Waals surface area contributed by atoms with Gasteiger partial charge in [0.2, 0.25) is 5.76 Å². The van der Waals surface area contributed by atoms with Crippen LogP contribution in [0.15, 0.2) is 10.8 Å². The van der Waals surface area contributed by atoms with E-state index in [0.717, 1.165) is 13.1 Å². The van der Waals surface area contributed by atoms with Crippen LogP contribution in [0.5, 0.6) is 0 Å². The van der Waals surface area contributed by atoms with E-state index < -0.39 is 0 Å². The van der Waals surface area contributed by atoms with Gasteiger partial charge in [0.15, 0.2) is 6.39 Å². The number of rotatable bonds is 3. The monoisotopic (exact) mass is 209 g/mol. The first-order chi connectivity index (χ1) is 7.24. The first-order valence-electron chi connectivity index (χ1n) is 5.15. The fraction of sp³-hybridized carbons (Fsp3) is 0.600. The Hall–Kier alpha value is -1.36. The minimum Gasteiger partial charge on any atom is -0.438 e. The van der Waals surface area contributed by atoms with E-state index in [0.29, 0.717) is 24.0 Å². The van der Waals surface area contributed by atoms with Gasteiger partial charge in [-0.15, -0.1) is 0 Å². The standard InChI is InChI=1S/C10H15N3O2/c1-3-13(8-4-11-5-8)10(14)9-7(2)12-6-15-9/h6,8,11H,3-5H2,1-2H3. The molecule has 1 saturated heterocycles. The van der Waals surface area contributed by atoms with Gasteiger partial charge in [0.1, 0.15) is 0 Å². The van der Waals surface area contributed by atoms with Gasteiger partial charge in [-0.1, -0.05) is 0 Å². The zero-order chi connectivity index (χ0) is 10.8. The van der Waals surface area contributed by atoms with Crippen molar-refractivity contribution in [3.05, 3.63) is 17.8 Å². The molecule has 2 heterocycles. The third kappa shape index (κ3) is 1.74. The first-order valence-corrected chi connectivity index (χ1v) is 5.15. The van der Waals surface area contributed by atoms with E-state index in [-0.39, 0.29) is 5.91 Å². The molecule has 1 amide bonds. The average molecular weight is 209 g/mol. The maximum absolute atomic E-state index is 12.1. The van der Waals surface area contributed by atoms with Crippen LogP contribution in [0, 0.1) is 6.92 Å². The molecule has 82 valence electrons. The quantitative estimate of drug-likeness (QED) is 0.783. The minimum absolute atomic E-state index is 0.0565. The molecule has 1 aliphatic rings. The van der Waals surface area contributed by atoms with Crippen molar-refractivity contribution in [1.29, 1.82) is 0 Å². The predicted molar refractivity (Wildman–Crippen MR) is 54.6 cm³/mol. The number of carbonyl (C=O) groups is 1. The van der Waals surface area contributed by atoms with E-state index in [1.807, 2.05) is 11.8 Å². The Kier molecular flexibility index (Phi) is 2.73. The van der Waals surface area contributed by atoms with Gasteiger partial charge in [-0.2, -0.15) is 0 Å². The smallest absolute Gasteiger partial charge is 0.291 e. The maximum Gasteiger partial charge on any atom is 0.291 e. The molecule has 0 aromatic carbocycles. The highest BCUT2D eigenvalue weighted by atomic mass is 16.3. The number of nitrogens with zero attached hydrogens (tertiary/aromatic N) is 2. The molecule has 15 heavy (non-hydrogen) atoms. The van der Waals surface area contributed by atoms with E-state index in [4.69, 9.17) is 4.42 Å². The molecule has 5 heteroatoms. The highest BCUT2D eigenvalue weighted by Gasteiger charge is 2.30. The molecule has 2 rings (SSSR count). The lowest BCUT2D eigenvalue weighted by Crippen LogP contribution is -2.58. The Labute approximate surface area is 88.5 Å². The molecule has 0 spiro atoms. The van der Waals surface area contributed by atoms with Crippen LogP contribution in [0.2, 0.25) is 0 Å². The Balaban J connectivity index is 2.14. The molecule has 1 aliphatic heterocycles. The molecule has 5 nitrogen and oxygen atoms in total. The second-order valence-corrected chi connectivity index (χ2v) is 3.67. The summed E-state index contributed by atoms with van der Waals surface area (Å²) in [4.78, 5) is 17.8. The van der Waals surface area contributed by atoms with Crippen molar-refractivity contribution >= 4 is 5.91 Å². The topological polar surface area (TPSA) is 58.4 Å². The molecule has 0 radical (unpaired) electrons. The van der Waals surface area contributed by atoms with Gasteiger partial charge in [0, 0.05) is 19.6 Å². The zero-order valence-corrected chi connectivity index (χ0v) is 8.99. The molecular formula is C10H15N3O2. The van der Waals surface area contributed by atoms with Crippen molar-refractivity contribution in [2.24, 2.45) is 0 Å². The van der Waals surface area contributed by atoms with E-state index in [1.54, 1.807) is 6.92 Å². The Bertz CT molecular complexity index is 357. The number of aryl methyl sites for hydroxylation is 1. The molecule has 0 saturated carbocycles. The number of aromatic nitrogens is 1. The lowest BCUT2D eigenvalue weighted by atomic mass is 10.1. The normalized spacial score (nSPS) is 16.1. The summed E-state index contributed by atoms with van der Waals surface area (Å²) in [5, 5.41) is 3.15. The van der Waals surface area contributed by atoms with Gasteiger partial charge >= 0.3 is 0 Å². The molecule has 1 N–H and O–H groups in total. The van der Waals surface area contributed by atoms with Gasteiger partial charge in [0.05, 0.1) is 11.7 Å². The zero-order valence-electron chi connectivity index (χ0n) is 8.99. The predicted octanol–water partition coefficient (Wildman–Crippen LogP) is 0.417. The van der Waals surface area contributed by atoms with Crippen LogP contribution >= 0.6 is 0 Å². The lowest BCUT2D eigenvalue weighted by molar-refractivity contribution is 0.0597. The largest absolute Gasteiger partial charge is 0.438 e. The molecule has 0 unspecified atom stereocenters. The average Bonchev–Trinajstić information content (AvgIpc) is 2.56. The van der Waals surface area contributed by atoms with E-state index in [9.17, 15) is 4.79 Å². The lowest BCUT2D eigenvalue weighted by Gasteiger charge is -2.37.